The van der Waals surface area contributed by atoms with Crippen LogP contribution in [-0.4, -0.2) is 33.5 Å². The largest absolute Gasteiger partial charge is 0.476 e. The average Bonchev–Trinajstić information content (AvgIpc) is 2.93. The van der Waals surface area contributed by atoms with E-state index in [0.29, 0.717) is 18.0 Å². The lowest BCUT2D eigenvalue weighted by molar-refractivity contribution is 0.0690. The summed E-state index contributed by atoms with van der Waals surface area (Å²) in [6, 6.07) is 1.71. The molecule has 1 amide bonds. The smallest absolute Gasteiger partial charge is 0.355 e. The molecule has 0 aliphatic heterocycles. The van der Waals surface area contributed by atoms with Crippen molar-refractivity contribution in [3.05, 3.63) is 49.3 Å². The minimum atomic E-state index is -1.07. The first kappa shape index (κ1) is 17.3. The fourth-order valence-electron chi connectivity index (χ4n) is 2.92. The number of carbonyl (C=O) groups excluding carboxylic acids is 1. The van der Waals surface area contributed by atoms with Gasteiger partial charge in [0.05, 0.1) is 5.01 Å². The van der Waals surface area contributed by atoms with E-state index in [1.807, 2.05) is 0 Å². The van der Waals surface area contributed by atoms with Crippen molar-refractivity contribution in [1.29, 1.82) is 0 Å². The Kier molecular flexibility index (Phi) is 5.28. The summed E-state index contributed by atoms with van der Waals surface area (Å²) in [7, 11) is 0. The van der Waals surface area contributed by atoms with Gasteiger partial charge in [0.2, 0.25) is 0 Å². The van der Waals surface area contributed by atoms with Crippen molar-refractivity contribution in [2.24, 2.45) is 0 Å². The Morgan fingerprint density at radius 2 is 2.08 bits per heavy atom. The highest BCUT2D eigenvalue weighted by molar-refractivity contribution is 7.09. The van der Waals surface area contributed by atoms with E-state index in [2.05, 4.69) is 15.3 Å². The molecule has 0 spiro atoms. The molecule has 0 bridgehead atoms. The van der Waals surface area contributed by atoms with Gasteiger partial charge in [-0.15, -0.1) is 11.3 Å². The molecule has 3 rings (SSSR count). The highest BCUT2D eigenvalue weighted by Crippen LogP contribution is 2.18. The second kappa shape index (κ2) is 7.60. The molecule has 8 heteroatoms. The lowest BCUT2D eigenvalue weighted by atomic mass is 10.1. The van der Waals surface area contributed by atoms with Crippen LogP contribution in [0.5, 0.6) is 0 Å². The molecule has 25 heavy (non-hydrogen) atoms. The van der Waals surface area contributed by atoms with E-state index in [-0.39, 0.29) is 16.8 Å². The lowest BCUT2D eigenvalue weighted by Gasteiger charge is -2.08. The van der Waals surface area contributed by atoms with Crippen molar-refractivity contribution in [3.8, 4) is 0 Å². The molecule has 0 saturated carbocycles. The van der Waals surface area contributed by atoms with Gasteiger partial charge in [-0.05, 0) is 37.3 Å². The van der Waals surface area contributed by atoms with Crippen LogP contribution in [0.3, 0.4) is 0 Å². The molecule has 132 valence electrons. The Bertz CT molecular complexity index is 856. The van der Waals surface area contributed by atoms with Crippen LogP contribution in [0, 0.1) is 0 Å². The van der Waals surface area contributed by atoms with Crippen molar-refractivity contribution < 1.29 is 14.7 Å². The number of nitrogens with one attached hydrogen (secondary N) is 2. The molecule has 0 atom stereocenters. The molecule has 3 N–H and O–H groups in total. The van der Waals surface area contributed by atoms with Crippen LogP contribution in [0.2, 0.25) is 0 Å². The van der Waals surface area contributed by atoms with Crippen molar-refractivity contribution >= 4 is 23.2 Å². The van der Waals surface area contributed by atoms with Crippen LogP contribution in [0.4, 0.5) is 0 Å². The maximum atomic E-state index is 12.3. The quantitative estimate of drug-likeness (QED) is 0.703. The third-order valence-electron chi connectivity index (χ3n) is 4.23. The summed E-state index contributed by atoms with van der Waals surface area (Å²) in [4.78, 5) is 42.1. The van der Waals surface area contributed by atoms with Gasteiger partial charge < -0.3 is 15.4 Å². The molecule has 1 aliphatic carbocycles. The van der Waals surface area contributed by atoms with Gasteiger partial charge in [-0.2, -0.15) is 0 Å². The zero-order valence-electron chi connectivity index (χ0n) is 13.6. The van der Waals surface area contributed by atoms with Gasteiger partial charge in [-0.1, -0.05) is 6.42 Å². The molecular formula is C17H19N3O4S. The summed E-state index contributed by atoms with van der Waals surface area (Å²) < 4.78 is 0. The molecule has 0 aromatic carbocycles. The zero-order valence-corrected chi connectivity index (χ0v) is 14.4. The lowest BCUT2D eigenvalue weighted by Crippen LogP contribution is -2.31. The summed E-state index contributed by atoms with van der Waals surface area (Å²) in [5, 5.41) is 13.7. The summed E-state index contributed by atoms with van der Waals surface area (Å²) in [6.45, 7) is 0.294. The number of aromatic carboxylic acids is 1. The third kappa shape index (κ3) is 4.14. The number of aryl methyl sites for hydroxylation is 2. The number of H-pyrrole nitrogens is 1. The molecule has 2 aromatic rings. The normalized spacial score (nSPS) is 13.8. The number of carboxylic acids is 1. The Morgan fingerprint density at radius 1 is 1.28 bits per heavy atom. The van der Waals surface area contributed by atoms with Crippen molar-refractivity contribution in [2.45, 2.75) is 38.5 Å². The van der Waals surface area contributed by atoms with Crippen LogP contribution in [-0.2, 0) is 19.3 Å². The van der Waals surface area contributed by atoms with E-state index in [1.54, 1.807) is 6.07 Å². The monoisotopic (exact) mass is 361 g/mol. The van der Waals surface area contributed by atoms with Gasteiger partial charge in [-0.3, -0.25) is 9.59 Å². The van der Waals surface area contributed by atoms with Crippen LogP contribution in [0.1, 0.15) is 56.4 Å². The number of aromatic nitrogens is 2. The third-order valence-corrected chi connectivity index (χ3v) is 5.14. The molecule has 2 aromatic heterocycles. The maximum absolute atomic E-state index is 12.3. The molecule has 2 heterocycles. The molecule has 0 saturated heterocycles. The maximum Gasteiger partial charge on any atom is 0.355 e. The molecule has 1 aliphatic rings. The van der Waals surface area contributed by atoms with Gasteiger partial charge in [0.25, 0.3) is 11.5 Å². The Labute approximate surface area is 148 Å². The minimum Gasteiger partial charge on any atom is -0.476 e. The second-order valence-electron chi connectivity index (χ2n) is 6.01. The number of aromatic amines is 1. The predicted molar refractivity (Wildman–Crippen MR) is 93.4 cm³/mol. The highest BCUT2D eigenvalue weighted by Gasteiger charge is 2.16. The Hall–Kier alpha value is -2.48. The van der Waals surface area contributed by atoms with Gasteiger partial charge in [0, 0.05) is 24.0 Å². The first-order valence-corrected chi connectivity index (χ1v) is 9.13. The second-order valence-corrected chi connectivity index (χ2v) is 6.96. The first-order valence-electron chi connectivity index (χ1n) is 8.25. The van der Waals surface area contributed by atoms with Crippen LogP contribution in [0.15, 0.2) is 16.2 Å². The first-order chi connectivity index (χ1) is 12.0. The number of thiazole rings is 1. The van der Waals surface area contributed by atoms with Crippen LogP contribution in [0.25, 0.3) is 0 Å². The highest BCUT2D eigenvalue weighted by atomic mass is 32.1. The average molecular weight is 361 g/mol. The number of carbonyl (C=O) groups is 2. The van der Waals surface area contributed by atoms with Crippen LogP contribution >= 0.6 is 11.3 Å². The predicted octanol–water partition coefficient (Wildman–Crippen LogP) is 1.77. The summed E-state index contributed by atoms with van der Waals surface area (Å²) in [6.07, 6.45) is 5.40. The SMILES string of the molecule is O=C(O)c1csc(CCNC(=O)c2cc3c([nH]c2=O)CCCCC3)n1. The molecule has 0 fully saturated rings. The Balaban J connectivity index is 1.63. The van der Waals surface area contributed by atoms with Gasteiger partial charge >= 0.3 is 5.97 Å². The van der Waals surface area contributed by atoms with Crippen molar-refractivity contribution in [3.63, 3.8) is 0 Å². The minimum absolute atomic E-state index is 0.00789. The molecule has 0 unspecified atom stereocenters. The standard InChI is InChI=1S/C17H19N3O4S/c21-15(18-7-6-14-19-13(9-25-14)17(23)24)11-8-10-4-2-1-3-5-12(10)20-16(11)22/h8-9H,1-7H2,(H,18,21)(H,20,22)(H,23,24). The van der Waals surface area contributed by atoms with Crippen LogP contribution < -0.4 is 10.9 Å². The van der Waals surface area contributed by atoms with Gasteiger partial charge in [0.1, 0.15) is 5.56 Å². The van der Waals surface area contributed by atoms with E-state index in [1.165, 1.54) is 16.7 Å². The number of carboxylic acid groups (broad SMARTS) is 1. The topological polar surface area (TPSA) is 112 Å². The molecule has 0 radical (unpaired) electrons. The van der Waals surface area contributed by atoms with E-state index in [0.717, 1.165) is 43.4 Å². The summed E-state index contributed by atoms with van der Waals surface area (Å²) in [5.41, 5.74) is 1.77. The van der Waals surface area contributed by atoms with Gasteiger partial charge in [0.15, 0.2) is 5.69 Å². The molecular weight excluding hydrogens is 342 g/mol. The van der Waals surface area contributed by atoms with E-state index in [4.69, 9.17) is 5.11 Å². The van der Waals surface area contributed by atoms with E-state index >= 15 is 0 Å². The zero-order chi connectivity index (χ0) is 17.8. The number of nitrogens with zero attached hydrogens (tertiary/aromatic N) is 1. The Morgan fingerprint density at radius 3 is 2.84 bits per heavy atom. The summed E-state index contributed by atoms with van der Waals surface area (Å²) in [5.74, 6) is -1.48. The number of pyridine rings is 1. The fraction of sp³-hybridized carbons (Fsp3) is 0.412. The number of amides is 1. The van der Waals surface area contributed by atoms with E-state index in [9.17, 15) is 14.4 Å². The van der Waals surface area contributed by atoms with Crippen molar-refractivity contribution in [1.82, 2.24) is 15.3 Å². The number of fused-ring (bicyclic) bond motifs is 1. The number of hydrogen-bond acceptors (Lipinski definition) is 5. The fourth-order valence-corrected chi connectivity index (χ4v) is 3.69. The van der Waals surface area contributed by atoms with Gasteiger partial charge in [-0.25, -0.2) is 9.78 Å². The molecule has 7 nitrogen and oxygen atoms in total. The van der Waals surface area contributed by atoms with E-state index < -0.39 is 11.9 Å². The number of hydrogen-bond donors (Lipinski definition) is 3. The van der Waals surface area contributed by atoms with Crippen molar-refractivity contribution in [2.75, 3.05) is 6.54 Å². The summed E-state index contributed by atoms with van der Waals surface area (Å²) >= 11 is 1.24. The number of rotatable bonds is 5.